The molecule has 0 saturated heterocycles. The molecular formula is C10H13N3. The standard InChI is InChI=1S/C10H13N3/c1-7(2)13-10-6-11-5-4-9(10)8(3)12-13/h4-7H,1-3H3. The molecule has 0 aliphatic heterocycles. The second-order valence-corrected chi connectivity index (χ2v) is 3.52. The topological polar surface area (TPSA) is 30.7 Å². The third-order valence-corrected chi connectivity index (χ3v) is 2.18. The molecule has 0 N–H and O–H groups in total. The van der Waals surface area contributed by atoms with E-state index >= 15 is 0 Å². The first kappa shape index (κ1) is 8.23. The van der Waals surface area contributed by atoms with Crippen LogP contribution in [-0.4, -0.2) is 14.8 Å². The molecule has 2 aromatic rings. The number of fused-ring (bicyclic) bond motifs is 1. The fourth-order valence-electron chi connectivity index (χ4n) is 1.54. The van der Waals surface area contributed by atoms with Gasteiger partial charge in [-0.3, -0.25) is 9.67 Å². The van der Waals surface area contributed by atoms with Gasteiger partial charge in [-0.15, -0.1) is 0 Å². The summed E-state index contributed by atoms with van der Waals surface area (Å²) in [5.41, 5.74) is 2.20. The third-order valence-electron chi connectivity index (χ3n) is 2.18. The summed E-state index contributed by atoms with van der Waals surface area (Å²) in [6.45, 7) is 6.28. The van der Waals surface area contributed by atoms with Crippen LogP contribution in [0.15, 0.2) is 18.5 Å². The summed E-state index contributed by atoms with van der Waals surface area (Å²) in [5.74, 6) is 0. The first-order valence-corrected chi connectivity index (χ1v) is 4.49. The molecule has 0 saturated carbocycles. The lowest BCUT2D eigenvalue weighted by Gasteiger charge is -2.05. The second-order valence-electron chi connectivity index (χ2n) is 3.52. The number of hydrogen-bond acceptors (Lipinski definition) is 2. The Morgan fingerprint density at radius 3 is 2.85 bits per heavy atom. The summed E-state index contributed by atoms with van der Waals surface area (Å²) >= 11 is 0. The van der Waals surface area contributed by atoms with Gasteiger partial charge in [0, 0.05) is 17.6 Å². The summed E-state index contributed by atoms with van der Waals surface area (Å²) in [6, 6.07) is 2.40. The lowest BCUT2D eigenvalue weighted by atomic mass is 10.2. The van der Waals surface area contributed by atoms with Crippen molar-refractivity contribution in [3.8, 4) is 0 Å². The molecular weight excluding hydrogens is 162 g/mol. The molecule has 3 heteroatoms. The van der Waals surface area contributed by atoms with Crippen LogP contribution in [0.4, 0.5) is 0 Å². The fourth-order valence-corrected chi connectivity index (χ4v) is 1.54. The van der Waals surface area contributed by atoms with Gasteiger partial charge in [-0.2, -0.15) is 5.10 Å². The quantitative estimate of drug-likeness (QED) is 0.666. The molecule has 0 aliphatic carbocycles. The summed E-state index contributed by atoms with van der Waals surface area (Å²) in [5, 5.41) is 5.66. The van der Waals surface area contributed by atoms with Crippen LogP contribution in [0.2, 0.25) is 0 Å². The van der Waals surface area contributed by atoms with Crippen LogP contribution in [-0.2, 0) is 0 Å². The number of pyridine rings is 1. The molecule has 0 bridgehead atoms. The normalized spacial score (nSPS) is 11.4. The highest BCUT2D eigenvalue weighted by atomic mass is 15.3. The molecule has 0 amide bonds. The monoisotopic (exact) mass is 175 g/mol. The van der Waals surface area contributed by atoms with Gasteiger partial charge in [0.15, 0.2) is 0 Å². The van der Waals surface area contributed by atoms with E-state index in [9.17, 15) is 0 Å². The van der Waals surface area contributed by atoms with Crippen molar-refractivity contribution >= 4 is 10.9 Å². The van der Waals surface area contributed by atoms with E-state index in [4.69, 9.17) is 0 Å². The number of rotatable bonds is 1. The van der Waals surface area contributed by atoms with E-state index in [1.54, 1.807) is 0 Å². The molecule has 2 heterocycles. The van der Waals surface area contributed by atoms with E-state index in [2.05, 4.69) is 23.9 Å². The van der Waals surface area contributed by atoms with E-state index in [-0.39, 0.29) is 0 Å². The van der Waals surface area contributed by atoms with Crippen molar-refractivity contribution in [2.75, 3.05) is 0 Å². The van der Waals surface area contributed by atoms with E-state index in [1.165, 1.54) is 5.39 Å². The first-order valence-electron chi connectivity index (χ1n) is 4.49. The molecule has 68 valence electrons. The highest BCUT2D eigenvalue weighted by Crippen LogP contribution is 2.19. The lowest BCUT2D eigenvalue weighted by molar-refractivity contribution is 0.546. The lowest BCUT2D eigenvalue weighted by Crippen LogP contribution is -2.02. The molecule has 0 aromatic carbocycles. The number of hydrogen-bond donors (Lipinski definition) is 0. The number of aromatic nitrogens is 3. The number of aryl methyl sites for hydroxylation is 1. The Labute approximate surface area is 77.4 Å². The van der Waals surface area contributed by atoms with Gasteiger partial charge in [0.2, 0.25) is 0 Å². The van der Waals surface area contributed by atoms with Gasteiger partial charge in [-0.1, -0.05) is 0 Å². The highest BCUT2D eigenvalue weighted by Gasteiger charge is 2.08. The average molecular weight is 175 g/mol. The Balaban J connectivity index is 2.78. The van der Waals surface area contributed by atoms with Gasteiger partial charge >= 0.3 is 0 Å². The SMILES string of the molecule is Cc1nn(C(C)C)c2cnccc12. The zero-order valence-electron chi connectivity index (χ0n) is 8.15. The Hall–Kier alpha value is -1.38. The van der Waals surface area contributed by atoms with Crippen LogP contribution in [0.3, 0.4) is 0 Å². The van der Waals surface area contributed by atoms with Gasteiger partial charge in [-0.05, 0) is 26.8 Å². The minimum Gasteiger partial charge on any atom is -0.262 e. The third kappa shape index (κ3) is 1.20. The molecule has 2 rings (SSSR count). The van der Waals surface area contributed by atoms with Crippen LogP contribution in [0.5, 0.6) is 0 Å². The van der Waals surface area contributed by atoms with Crippen molar-refractivity contribution < 1.29 is 0 Å². The van der Waals surface area contributed by atoms with Gasteiger partial charge < -0.3 is 0 Å². The van der Waals surface area contributed by atoms with Crippen LogP contribution < -0.4 is 0 Å². The van der Waals surface area contributed by atoms with E-state index in [0.29, 0.717) is 6.04 Å². The molecule has 0 aliphatic rings. The second kappa shape index (κ2) is 2.83. The summed E-state index contributed by atoms with van der Waals surface area (Å²) in [7, 11) is 0. The predicted molar refractivity (Wildman–Crippen MR) is 52.7 cm³/mol. The van der Waals surface area contributed by atoms with Crippen LogP contribution >= 0.6 is 0 Å². The Kier molecular flexibility index (Phi) is 1.79. The van der Waals surface area contributed by atoms with E-state index in [0.717, 1.165) is 11.2 Å². The van der Waals surface area contributed by atoms with Gasteiger partial charge in [0.1, 0.15) is 0 Å². The maximum atomic E-state index is 4.47. The smallest absolute Gasteiger partial charge is 0.0871 e. The Bertz CT molecular complexity index is 429. The summed E-state index contributed by atoms with van der Waals surface area (Å²) in [6.07, 6.45) is 3.68. The summed E-state index contributed by atoms with van der Waals surface area (Å²) < 4.78 is 2.01. The minimum atomic E-state index is 0.389. The van der Waals surface area contributed by atoms with Gasteiger partial charge in [-0.25, -0.2) is 0 Å². The number of nitrogens with zero attached hydrogens (tertiary/aromatic N) is 3. The first-order chi connectivity index (χ1) is 6.20. The van der Waals surface area contributed by atoms with Gasteiger partial charge in [0.05, 0.1) is 17.4 Å². The van der Waals surface area contributed by atoms with Crippen molar-refractivity contribution in [2.45, 2.75) is 26.8 Å². The Morgan fingerprint density at radius 1 is 1.38 bits per heavy atom. The zero-order valence-corrected chi connectivity index (χ0v) is 8.15. The molecule has 0 radical (unpaired) electrons. The van der Waals surface area contributed by atoms with Gasteiger partial charge in [0.25, 0.3) is 0 Å². The molecule has 0 spiro atoms. The van der Waals surface area contributed by atoms with E-state index in [1.807, 2.05) is 30.1 Å². The van der Waals surface area contributed by atoms with Crippen molar-refractivity contribution in [1.82, 2.24) is 14.8 Å². The summed E-state index contributed by atoms with van der Waals surface area (Å²) in [4.78, 5) is 4.11. The van der Waals surface area contributed by atoms with Crippen molar-refractivity contribution in [1.29, 1.82) is 0 Å². The highest BCUT2D eigenvalue weighted by molar-refractivity contribution is 5.80. The maximum absolute atomic E-state index is 4.47. The van der Waals surface area contributed by atoms with Crippen LogP contribution in [0, 0.1) is 6.92 Å². The molecule has 0 fully saturated rings. The van der Waals surface area contributed by atoms with E-state index < -0.39 is 0 Å². The van der Waals surface area contributed by atoms with Crippen molar-refractivity contribution in [3.05, 3.63) is 24.2 Å². The van der Waals surface area contributed by atoms with Crippen LogP contribution in [0.1, 0.15) is 25.6 Å². The molecule has 0 atom stereocenters. The average Bonchev–Trinajstić information content (AvgIpc) is 2.45. The van der Waals surface area contributed by atoms with Crippen molar-refractivity contribution in [3.63, 3.8) is 0 Å². The maximum Gasteiger partial charge on any atom is 0.0871 e. The fraction of sp³-hybridized carbons (Fsp3) is 0.400. The predicted octanol–water partition coefficient (Wildman–Crippen LogP) is 2.32. The molecule has 0 unspecified atom stereocenters. The van der Waals surface area contributed by atoms with Crippen LogP contribution in [0.25, 0.3) is 10.9 Å². The molecule has 3 nitrogen and oxygen atoms in total. The molecule has 2 aromatic heterocycles. The minimum absolute atomic E-state index is 0.389. The zero-order chi connectivity index (χ0) is 9.42. The largest absolute Gasteiger partial charge is 0.262 e. The molecule has 13 heavy (non-hydrogen) atoms. The Morgan fingerprint density at radius 2 is 2.15 bits per heavy atom. The van der Waals surface area contributed by atoms with Crippen molar-refractivity contribution in [2.24, 2.45) is 0 Å².